The van der Waals surface area contributed by atoms with E-state index in [1.54, 1.807) is 0 Å². The van der Waals surface area contributed by atoms with Crippen LogP contribution >= 0.6 is 0 Å². The zero-order valence-electron chi connectivity index (χ0n) is 17.3. The van der Waals surface area contributed by atoms with Crippen LogP contribution in [-0.4, -0.2) is 43.9 Å². The van der Waals surface area contributed by atoms with Crippen LogP contribution in [0, 0.1) is 20.8 Å². The number of benzene rings is 2. The van der Waals surface area contributed by atoms with Gasteiger partial charge in [-0.05, 0) is 49.4 Å². The van der Waals surface area contributed by atoms with Crippen molar-refractivity contribution in [3.8, 4) is 11.5 Å². The summed E-state index contributed by atoms with van der Waals surface area (Å²) in [6.07, 6.45) is 2.31. The van der Waals surface area contributed by atoms with E-state index in [0.29, 0.717) is 6.61 Å². The summed E-state index contributed by atoms with van der Waals surface area (Å²) >= 11 is 0. The molecule has 1 atom stereocenters. The largest absolute Gasteiger partial charge is 0.489 e. The van der Waals surface area contributed by atoms with Gasteiger partial charge in [0, 0.05) is 31.6 Å². The second-order valence-electron chi connectivity index (χ2n) is 7.97. The number of hydrogen-bond acceptors (Lipinski definition) is 4. The lowest BCUT2D eigenvalue weighted by Crippen LogP contribution is -2.38. The van der Waals surface area contributed by atoms with Gasteiger partial charge in [-0.3, -0.25) is 4.90 Å². The number of rotatable bonds is 6. The third kappa shape index (κ3) is 4.03. The lowest BCUT2D eigenvalue weighted by molar-refractivity contribution is 0.0328. The van der Waals surface area contributed by atoms with E-state index in [-0.39, 0.29) is 6.10 Å². The Morgan fingerprint density at radius 1 is 1.00 bits per heavy atom. The normalized spacial score (nSPS) is 19.3. The summed E-state index contributed by atoms with van der Waals surface area (Å²) in [6, 6.07) is 10.4. The van der Waals surface area contributed by atoms with Crippen LogP contribution in [0.25, 0.3) is 0 Å². The van der Waals surface area contributed by atoms with Gasteiger partial charge in [0.1, 0.15) is 24.2 Å². The van der Waals surface area contributed by atoms with E-state index >= 15 is 0 Å². The smallest absolute Gasteiger partial charge is 0.126 e. The van der Waals surface area contributed by atoms with Crippen LogP contribution in [0.5, 0.6) is 11.5 Å². The minimum atomic E-state index is 0.263. The monoisotopic (exact) mass is 381 g/mol. The molecule has 0 saturated carbocycles. The van der Waals surface area contributed by atoms with Crippen LogP contribution in [0.1, 0.15) is 34.2 Å². The van der Waals surface area contributed by atoms with E-state index in [9.17, 15) is 0 Å². The maximum atomic E-state index is 6.39. The quantitative estimate of drug-likeness (QED) is 0.750. The summed E-state index contributed by atoms with van der Waals surface area (Å²) in [5.41, 5.74) is 6.18. The Kier molecular flexibility index (Phi) is 5.88. The molecule has 0 spiro atoms. The maximum absolute atomic E-state index is 6.39. The molecule has 1 saturated heterocycles. The van der Waals surface area contributed by atoms with Crippen LogP contribution in [0.3, 0.4) is 0 Å². The van der Waals surface area contributed by atoms with Crippen molar-refractivity contribution in [2.45, 2.75) is 46.3 Å². The van der Waals surface area contributed by atoms with Gasteiger partial charge in [-0.2, -0.15) is 0 Å². The standard InChI is InChI=1S/C24H31NO3/c1-17-18(2)24-22(15-21(28-24)9-10-25-11-13-26-14-12-25)19(3)23(17)27-16-20-7-5-4-6-8-20/h4-8,21H,9-16H2,1-3H3. The first-order valence-corrected chi connectivity index (χ1v) is 10.4. The van der Waals surface area contributed by atoms with Crippen molar-refractivity contribution in [2.24, 2.45) is 0 Å². The predicted molar refractivity (Wildman–Crippen MR) is 111 cm³/mol. The summed E-state index contributed by atoms with van der Waals surface area (Å²) in [7, 11) is 0. The molecule has 1 unspecified atom stereocenters. The molecule has 2 aliphatic heterocycles. The molecule has 0 aromatic heterocycles. The van der Waals surface area contributed by atoms with E-state index in [4.69, 9.17) is 14.2 Å². The fourth-order valence-electron chi connectivity index (χ4n) is 4.26. The Morgan fingerprint density at radius 3 is 2.50 bits per heavy atom. The van der Waals surface area contributed by atoms with Gasteiger partial charge >= 0.3 is 0 Å². The molecule has 4 heteroatoms. The topological polar surface area (TPSA) is 30.9 Å². The number of fused-ring (bicyclic) bond motifs is 1. The Balaban J connectivity index is 1.45. The number of nitrogens with zero attached hydrogens (tertiary/aromatic N) is 1. The Hall–Kier alpha value is -2.04. The van der Waals surface area contributed by atoms with Gasteiger partial charge in [0.05, 0.1) is 13.2 Å². The molecule has 0 bridgehead atoms. The molecular weight excluding hydrogens is 350 g/mol. The lowest BCUT2D eigenvalue weighted by Gasteiger charge is -2.27. The molecule has 0 N–H and O–H groups in total. The van der Waals surface area contributed by atoms with Gasteiger partial charge in [-0.1, -0.05) is 30.3 Å². The Bertz CT molecular complexity index is 813. The van der Waals surface area contributed by atoms with Gasteiger partial charge in [-0.15, -0.1) is 0 Å². The first-order valence-electron chi connectivity index (χ1n) is 10.4. The molecule has 2 aliphatic rings. The minimum absolute atomic E-state index is 0.263. The molecule has 2 heterocycles. The highest BCUT2D eigenvalue weighted by atomic mass is 16.5. The van der Waals surface area contributed by atoms with E-state index in [1.807, 2.05) is 6.07 Å². The van der Waals surface area contributed by atoms with Crippen molar-refractivity contribution in [2.75, 3.05) is 32.8 Å². The second kappa shape index (κ2) is 8.54. The highest BCUT2D eigenvalue weighted by molar-refractivity contribution is 5.59. The van der Waals surface area contributed by atoms with Crippen molar-refractivity contribution >= 4 is 0 Å². The van der Waals surface area contributed by atoms with E-state index in [2.05, 4.69) is 49.9 Å². The average Bonchev–Trinajstić information content (AvgIpc) is 3.17. The summed E-state index contributed by atoms with van der Waals surface area (Å²) in [5, 5.41) is 0. The number of ether oxygens (including phenoxy) is 3. The van der Waals surface area contributed by atoms with Crippen molar-refractivity contribution in [3.63, 3.8) is 0 Å². The van der Waals surface area contributed by atoms with Gasteiger partial charge in [0.2, 0.25) is 0 Å². The van der Waals surface area contributed by atoms with Gasteiger partial charge in [0.15, 0.2) is 0 Å². The fourth-order valence-corrected chi connectivity index (χ4v) is 4.26. The summed E-state index contributed by atoms with van der Waals surface area (Å²) in [4.78, 5) is 2.48. The van der Waals surface area contributed by atoms with Crippen molar-refractivity contribution in [1.82, 2.24) is 4.90 Å². The minimum Gasteiger partial charge on any atom is -0.489 e. The fraction of sp³-hybridized carbons (Fsp3) is 0.500. The highest BCUT2D eigenvalue weighted by Crippen LogP contribution is 2.43. The molecule has 28 heavy (non-hydrogen) atoms. The summed E-state index contributed by atoms with van der Waals surface area (Å²) < 4.78 is 18.1. The van der Waals surface area contributed by atoms with Crippen LogP contribution in [-0.2, 0) is 17.8 Å². The zero-order valence-corrected chi connectivity index (χ0v) is 17.3. The van der Waals surface area contributed by atoms with E-state index in [1.165, 1.54) is 27.8 Å². The molecule has 0 aliphatic carbocycles. The predicted octanol–water partition coefficient (Wildman–Crippen LogP) is 4.22. The van der Waals surface area contributed by atoms with Crippen molar-refractivity contribution in [1.29, 1.82) is 0 Å². The molecular formula is C24H31NO3. The summed E-state index contributed by atoms with van der Waals surface area (Å²) in [5.74, 6) is 2.12. The molecule has 2 aromatic rings. The molecule has 4 rings (SSSR count). The van der Waals surface area contributed by atoms with E-state index < -0.39 is 0 Å². The van der Waals surface area contributed by atoms with Crippen LogP contribution in [0.2, 0.25) is 0 Å². The van der Waals surface area contributed by atoms with Crippen LogP contribution in [0.4, 0.5) is 0 Å². The molecule has 1 fully saturated rings. The first-order chi connectivity index (χ1) is 13.6. The molecule has 150 valence electrons. The number of hydrogen-bond donors (Lipinski definition) is 0. The molecule has 0 amide bonds. The van der Waals surface area contributed by atoms with Gasteiger partial charge < -0.3 is 14.2 Å². The van der Waals surface area contributed by atoms with Crippen LogP contribution in [0.15, 0.2) is 30.3 Å². The van der Waals surface area contributed by atoms with E-state index in [0.717, 1.165) is 57.2 Å². The van der Waals surface area contributed by atoms with Gasteiger partial charge in [-0.25, -0.2) is 0 Å². The molecule has 0 radical (unpaired) electrons. The third-order valence-corrected chi connectivity index (χ3v) is 6.12. The molecule has 2 aromatic carbocycles. The van der Waals surface area contributed by atoms with Crippen LogP contribution < -0.4 is 9.47 Å². The maximum Gasteiger partial charge on any atom is 0.126 e. The zero-order chi connectivity index (χ0) is 19.5. The summed E-state index contributed by atoms with van der Waals surface area (Å²) in [6.45, 7) is 11.9. The average molecular weight is 382 g/mol. The SMILES string of the molecule is Cc1c(C)c2c(c(C)c1OCc1ccccc1)CC(CCN1CCOCC1)O2. The highest BCUT2D eigenvalue weighted by Gasteiger charge is 2.30. The molecule has 4 nitrogen and oxygen atoms in total. The Morgan fingerprint density at radius 2 is 1.75 bits per heavy atom. The second-order valence-corrected chi connectivity index (χ2v) is 7.97. The Labute approximate surface area is 168 Å². The van der Waals surface area contributed by atoms with Crippen molar-refractivity contribution in [3.05, 3.63) is 58.1 Å². The number of morpholine rings is 1. The van der Waals surface area contributed by atoms with Crippen molar-refractivity contribution < 1.29 is 14.2 Å². The van der Waals surface area contributed by atoms with Gasteiger partial charge in [0.25, 0.3) is 0 Å². The first kappa shape index (κ1) is 19.3. The third-order valence-electron chi connectivity index (χ3n) is 6.12. The lowest BCUT2D eigenvalue weighted by atomic mass is 9.95.